The van der Waals surface area contributed by atoms with Gasteiger partial charge in [-0.1, -0.05) is 19.1 Å². The van der Waals surface area contributed by atoms with Gasteiger partial charge in [0.05, 0.1) is 5.56 Å². The van der Waals surface area contributed by atoms with Crippen LogP contribution in [0.15, 0.2) is 24.3 Å². The second-order valence-corrected chi connectivity index (χ2v) is 5.85. The smallest absolute Gasteiger partial charge is 0.352 e. The molecule has 1 aliphatic heterocycles. The van der Waals surface area contributed by atoms with Crippen LogP contribution in [0.25, 0.3) is 0 Å². The molecule has 1 saturated heterocycles. The number of hydrogen-bond acceptors (Lipinski definition) is 2. The van der Waals surface area contributed by atoms with Crippen LogP contribution in [-0.2, 0) is 17.4 Å². The summed E-state index contributed by atoms with van der Waals surface area (Å²) in [5.74, 6) is -0.313. The number of alkyl halides is 3. The van der Waals surface area contributed by atoms with Crippen LogP contribution in [0.4, 0.5) is 13.2 Å². The van der Waals surface area contributed by atoms with Crippen molar-refractivity contribution >= 4 is 5.91 Å². The summed E-state index contributed by atoms with van der Waals surface area (Å²) in [6.07, 6.45) is -1.89. The molecule has 1 unspecified atom stereocenters. The van der Waals surface area contributed by atoms with Crippen molar-refractivity contribution in [1.82, 2.24) is 10.6 Å². The lowest BCUT2D eigenvalue weighted by Gasteiger charge is -2.25. The van der Waals surface area contributed by atoms with E-state index in [0.717, 1.165) is 43.6 Å². The first-order valence-corrected chi connectivity index (χ1v) is 7.53. The van der Waals surface area contributed by atoms with Gasteiger partial charge in [0.2, 0.25) is 5.91 Å². The number of hydrogen-bond donors (Lipinski definition) is 2. The number of halogens is 3. The molecule has 2 atom stereocenters. The molecule has 1 aliphatic rings. The molecular formula is C16H21F3N2O. The number of rotatable bonds is 4. The van der Waals surface area contributed by atoms with Gasteiger partial charge in [-0.15, -0.1) is 0 Å². The summed E-state index contributed by atoms with van der Waals surface area (Å²) < 4.78 is 37.5. The molecule has 2 rings (SSSR count). The Kier molecular flexibility index (Phi) is 5.45. The largest absolute Gasteiger partial charge is 0.416 e. The number of carbonyl (C=O) groups is 1. The van der Waals surface area contributed by atoms with E-state index in [2.05, 4.69) is 10.6 Å². The van der Waals surface area contributed by atoms with E-state index >= 15 is 0 Å². The maximum atomic E-state index is 12.5. The van der Waals surface area contributed by atoms with E-state index < -0.39 is 11.7 Å². The minimum absolute atomic E-state index is 0.0476. The van der Waals surface area contributed by atoms with Gasteiger partial charge in [-0.05, 0) is 43.5 Å². The summed E-state index contributed by atoms with van der Waals surface area (Å²) in [6.45, 7) is 3.55. The highest BCUT2D eigenvalue weighted by molar-refractivity contribution is 5.78. The molecule has 1 amide bonds. The molecule has 0 saturated carbocycles. The second-order valence-electron chi connectivity index (χ2n) is 5.85. The normalized spacial score (nSPS) is 20.5. The number of piperidine rings is 1. The van der Waals surface area contributed by atoms with Crippen LogP contribution in [0.1, 0.15) is 30.9 Å². The van der Waals surface area contributed by atoms with Gasteiger partial charge in [-0.3, -0.25) is 4.79 Å². The zero-order chi connectivity index (χ0) is 16.2. The molecule has 1 fully saturated rings. The van der Waals surface area contributed by atoms with Gasteiger partial charge in [0.15, 0.2) is 0 Å². The molecule has 3 nitrogen and oxygen atoms in total. The predicted molar refractivity (Wildman–Crippen MR) is 78.3 cm³/mol. The van der Waals surface area contributed by atoms with E-state index in [9.17, 15) is 18.0 Å². The highest BCUT2D eigenvalue weighted by Gasteiger charge is 2.30. The summed E-state index contributed by atoms with van der Waals surface area (Å²) in [5.41, 5.74) is 0.0686. The van der Waals surface area contributed by atoms with E-state index in [1.807, 2.05) is 0 Å². The molecular weight excluding hydrogens is 293 g/mol. The Morgan fingerprint density at radius 1 is 1.36 bits per heavy atom. The molecule has 0 spiro atoms. The Hall–Kier alpha value is -1.56. The fourth-order valence-electron chi connectivity index (χ4n) is 2.59. The first-order chi connectivity index (χ1) is 10.4. The maximum absolute atomic E-state index is 12.5. The highest BCUT2D eigenvalue weighted by Crippen LogP contribution is 2.29. The lowest BCUT2D eigenvalue weighted by Crippen LogP contribution is -2.47. The number of nitrogens with one attached hydrogen (secondary N) is 2. The Bertz CT molecular complexity index is 493. The third-order valence-corrected chi connectivity index (χ3v) is 3.91. The zero-order valence-corrected chi connectivity index (χ0v) is 12.5. The van der Waals surface area contributed by atoms with Crippen molar-refractivity contribution in [3.05, 3.63) is 35.4 Å². The molecule has 1 aromatic rings. The van der Waals surface area contributed by atoms with Crippen LogP contribution in [0.5, 0.6) is 0 Å². The van der Waals surface area contributed by atoms with Crippen molar-refractivity contribution in [3.63, 3.8) is 0 Å². The fraction of sp³-hybridized carbons (Fsp3) is 0.562. The first-order valence-electron chi connectivity index (χ1n) is 7.53. The Balaban J connectivity index is 1.87. The fourth-order valence-corrected chi connectivity index (χ4v) is 2.59. The molecule has 0 radical (unpaired) electrons. The Morgan fingerprint density at radius 3 is 2.59 bits per heavy atom. The van der Waals surface area contributed by atoms with Gasteiger partial charge >= 0.3 is 6.18 Å². The van der Waals surface area contributed by atoms with E-state index in [0.29, 0.717) is 6.42 Å². The number of amides is 1. The summed E-state index contributed by atoms with van der Waals surface area (Å²) in [5, 5.41) is 6.22. The second kappa shape index (κ2) is 7.13. The van der Waals surface area contributed by atoms with Crippen molar-refractivity contribution in [2.75, 3.05) is 13.1 Å². The van der Waals surface area contributed by atoms with Crippen LogP contribution in [0.3, 0.4) is 0 Å². The van der Waals surface area contributed by atoms with Crippen molar-refractivity contribution in [2.45, 2.75) is 38.4 Å². The minimum atomic E-state index is -4.32. The van der Waals surface area contributed by atoms with Gasteiger partial charge in [0, 0.05) is 18.5 Å². The average molecular weight is 314 g/mol. The molecule has 2 N–H and O–H groups in total. The van der Waals surface area contributed by atoms with Gasteiger partial charge in [0.1, 0.15) is 0 Å². The van der Waals surface area contributed by atoms with Gasteiger partial charge in [-0.2, -0.15) is 13.2 Å². The molecule has 122 valence electrons. The summed E-state index contributed by atoms with van der Waals surface area (Å²) in [4.78, 5) is 12.1. The van der Waals surface area contributed by atoms with Crippen molar-refractivity contribution < 1.29 is 18.0 Å². The van der Waals surface area contributed by atoms with Crippen LogP contribution >= 0.6 is 0 Å². The topological polar surface area (TPSA) is 41.1 Å². The quantitative estimate of drug-likeness (QED) is 0.897. The Morgan fingerprint density at radius 2 is 2.05 bits per heavy atom. The van der Waals surface area contributed by atoms with E-state index in [4.69, 9.17) is 0 Å². The number of benzene rings is 1. The third-order valence-electron chi connectivity index (χ3n) is 3.91. The van der Waals surface area contributed by atoms with Crippen LogP contribution < -0.4 is 10.6 Å². The summed E-state index contributed by atoms with van der Waals surface area (Å²) in [7, 11) is 0. The van der Waals surface area contributed by atoms with E-state index in [1.165, 1.54) is 12.1 Å². The third kappa shape index (κ3) is 4.73. The molecule has 0 aliphatic carbocycles. The average Bonchev–Trinajstić information content (AvgIpc) is 2.48. The molecule has 1 heterocycles. The van der Waals surface area contributed by atoms with Gasteiger partial charge in [-0.25, -0.2) is 0 Å². The van der Waals surface area contributed by atoms with Gasteiger partial charge in [0.25, 0.3) is 0 Å². The SMILES string of the molecule is CC(Cc1ccc(C(F)(F)F)cc1)C(=O)N[C@H]1CCCNC1. The monoisotopic (exact) mass is 314 g/mol. The van der Waals surface area contributed by atoms with Crippen LogP contribution in [-0.4, -0.2) is 25.0 Å². The zero-order valence-electron chi connectivity index (χ0n) is 12.5. The Labute approximate surface area is 128 Å². The predicted octanol–water partition coefficient (Wildman–Crippen LogP) is 2.75. The lowest BCUT2D eigenvalue weighted by molar-refractivity contribution is -0.137. The lowest BCUT2D eigenvalue weighted by atomic mass is 9.98. The summed E-state index contributed by atoms with van der Waals surface area (Å²) >= 11 is 0. The maximum Gasteiger partial charge on any atom is 0.416 e. The number of carbonyl (C=O) groups excluding carboxylic acids is 1. The van der Waals surface area contributed by atoms with Crippen molar-refractivity contribution in [2.24, 2.45) is 5.92 Å². The van der Waals surface area contributed by atoms with E-state index in [-0.39, 0.29) is 17.9 Å². The van der Waals surface area contributed by atoms with Crippen LogP contribution in [0, 0.1) is 5.92 Å². The summed E-state index contributed by atoms with van der Waals surface area (Å²) in [6, 6.07) is 5.15. The minimum Gasteiger partial charge on any atom is -0.352 e. The van der Waals surface area contributed by atoms with Crippen LogP contribution in [0.2, 0.25) is 0 Å². The van der Waals surface area contributed by atoms with Gasteiger partial charge < -0.3 is 10.6 Å². The standard InChI is InChI=1S/C16H21F3N2O/c1-11(15(22)21-14-3-2-8-20-10-14)9-12-4-6-13(7-5-12)16(17,18)19/h4-7,11,14,20H,2-3,8-10H2,1H3,(H,21,22)/t11?,14-/m0/s1. The first kappa shape index (κ1) is 16.8. The molecule has 6 heteroatoms. The van der Waals surface area contributed by atoms with E-state index in [1.54, 1.807) is 6.92 Å². The molecule has 22 heavy (non-hydrogen) atoms. The molecule has 0 aromatic heterocycles. The van der Waals surface area contributed by atoms with Crippen molar-refractivity contribution in [1.29, 1.82) is 0 Å². The van der Waals surface area contributed by atoms with Crippen molar-refractivity contribution in [3.8, 4) is 0 Å². The molecule has 1 aromatic carbocycles. The highest BCUT2D eigenvalue weighted by atomic mass is 19.4. The molecule has 0 bridgehead atoms.